The SMILES string of the molecule is CC(C)(C)[Si](C/C=C/c1ccc(F)cc1)(c1ccccc1)c1ccccc1. The monoisotopic (exact) mass is 374 g/mol. The fraction of sp³-hybridized carbons (Fsp3) is 0.200. The van der Waals surface area contributed by atoms with Crippen molar-refractivity contribution < 1.29 is 4.39 Å². The molecule has 0 spiro atoms. The van der Waals surface area contributed by atoms with E-state index in [9.17, 15) is 4.39 Å². The molecule has 27 heavy (non-hydrogen) atoms. The van der Waals surface area contributed by atoms with E-state index in [1.54, 1.807) is 0 Å². The van der Waals surface area contributed by atoms with Gasteiger partial charge in [0.15, 0.2) is 0 Å². The predicted octanol–water partition coefficient (Wildman–Crippen LogP) is 5.90. The molecule has 2 heteroatoms. The summed E-state index contributed by atoms with van der Waals surface area (Å²) in [6.07, 6.45) is 4.41. The van der Waals surface area contributed by atoms with Crippen LogP contribution in [-0.2, 0) is 0 Å². The molecular weight excluding hydrogens is 347 g/mol. The van der Waals surface area contributed by atoms with Crippen molar-refractivity contribution in [3.8, 4) is 0 Å². The molecule has 0 unspecified atom stereocenters. The van der Waals surface area contributed by atoms with Crippen LogP contribution in [0.25, 0.3) is 6.08 Å². The summed E-state index contributed by atoms with van der Waals surface area (Å²) in [6.45, 7) is 7.10. The molecular formula is C25H27FSi. The number of rotatable bonds is 5. The van der Waals surface area contributed by atoms with Crippen LogP contribution in [0, 0.1) is 5.82 Å². The first-order valence-corrected chi connectivity index (χ1v) is 11.7. The summed E-state index contributed by atoms with van der Waals surface area (Å²) in [5.41, 5.74) is 1.04. The van der Waals surface area contributed by atoms with Crippen LogP contribution in [-0.4, -0.2) is 8.07 Å². The average molecular weight is 375 g/mol. The summed E-state index contributed by atoms with van der Waals surface area (Å²) in [5.74, 6) is -0.195. The summed E-state index contributed by atoms with van der Waals surface area (Å²) in [7, 11) is -2.07. The van der Waals surface area contributed by atoms with E-state index >= 15 is 0 Å². The second-order valence-electron chi connectivity index (χ2n) is 8.05. The Kier molecular flexibility index (Phi) is 5.76. The highest BCUT2D eigenvalue weighted by molar-refractivity contribution is 7.04. The molecule has 0 saturated heterocycles. The Bertz CT molecular complexity index is 836. The number of benzene rings is 3. The van der Waals surface area contributed by atoms with Gasteiger partial charge in [-0.1, -0.05) is 116 Å². The third kappa shape index (κ3) is 4.11. The molecule has 0 aromatic heterocycles. The highest BCUT2D eigenvalue weighted by atomic mass is 28.3. The van der Waals surface area contributed by atoms with E-state index in [2.05, 4.69) is 93.6 Å². The van der Waals surface area contributed by atoms with Gasteiger partial charge in [0.25, 0.3) is 0 Å². The standard InChI is InChI=1S/C25H27FSi/c1-25(2,3)27(23-12-6-4-7-13-23,24-14-8-5-9-15-24)20-10-11-21-16-18-22(26)19-17-21/h4-19H,20H2,1-3H3/b11-10+. The van der Waals surface area contributed by atoms with Gasteiger partial charge >= 0.3 is 0 Å². The minimum absolute atomic E-state index is 0.142. The topological polar surface area (TPSA) is 0 Å². The fourth-order valence-corrected chi connectivity index (χ4v) is 9.11. The molecule has 3 rings (SSSR count). The fourth-order valence-electron chi connectivity index (χ4n) is 3.97. The molecule has 0 bridgehead atoms. The van der Waals surface area contributed by atoms with Gasteiger partial charge in [-0.15, -0.1) is 0 Å². The molecule has 0 radical (unpaired) electrons. The molecule has 3 aromatic rings. The lowest BCUT2D eigenvalue weighted by Gasteiger charge is -2.43. The van der Waals surface area contributed by atoms with Gasteiger partial charge in [0.2, 0.25) is 0 Å². The maximum absolute atomic E-state index is 13.2. The Morgan fingerprint density at radius 1 is 0.741 bits per heavy atom. The van der Waals surface area contributed by atoms with Crippen LogP contribution in [0.4, 0.5) is 4.39 Å². The second-order valence-corrected chi connectivity index (χ2v) is 12.9. The zero-order valence-electron chi connectivity index (χ0n) is 16.3. The normalized spacial score (nSPS) is 12.4. The summed E-state index contributed by atoms with van der Waals surface area (Å²) in [6, 6.07) is 29.6. The van der Waals surface area contributed by atoms with Crippen molar-refractivity contribution in [3.05, 3.63) is 102 Å². The van der Waals surface area contributed by atoms with Crippen LogP contribution < -0.4 is 10.4 Å². The Morgan fingerprint density at radius 3 is 1.67 bits per heavy atom. The van der Waals surface area contributed by atoms with Crippen LogP contribution in [0.1, 0.15) is 26.3 Å². The maximum Gasteiger partial charge on any atom is 0.126 e. The first-order chi connectivity index (χ1) is 12.9. The van der Waals surface area contributed by atoms with Gasteiger partial charge in [0.1, 0.15) is 13.9 Å². The van der Waals surface area contributed by atoms with E-state index in [-0.39, 0.29) is 10.9 Å². The van der Waals surface area contributed by atoms with Crippen LogP contribution in [0.3, 0.4) is 0 Å². The van der Waals surface area contributed by atoms with Gasteiger partial charge < -0.3 is 0 Å². The number of halogens is 1. The molecule has 0 N–H and O–H groups in total. The molecule has 0 aliphatic heterocycles. The van der Waals surface area contributed by atoms with Crippen molar-refractivity contribution in [2.75, 3.05) is 0 Å². The third-order valence-electron chi connectivity index (χ3n) is 5.42. The second kappa shape index (κ2) is 8.06. The number of hydrogen-bond acceptors (Lipinski definition) is 0. The predicted molar refractivity (Wildman–Crippen MR) is 118 cm³/mol. The minimum atomic E-state index is -2.07. The lowest BCUT2D eigenvalue weighted by atomic mass is 10.2. The average Bonchev–Trinajstić information content (AvgIpc) is 2.67. The van der Waals surface area contributed by atoms with Crippen molar-refractivity contribution >= 4 is 24.5 Å². The van der Waals surface area contributed by atoms with Crippen molar-refractivity contribution in [2.45, 2.75) is 31.9 Å². The molecule has 0 heterocycles. The minimum Gasteiger partial charge on any atom is -0.207 e. The summed E-state index contributed by atoms with van der Waals surface area (Å²) in [5, 5.41) is 3.04. The maximum atomic E-state index is 13.2. The number of allylic oxidation sites excluding steroid dienone is 1. The summed E-state index contributed by atoms with van der Waals surface area (Å²) in [4.78, 5) is 0. The zero-order chi connectivity index (χ0) is 19.3. The van der Waals surface area contributed by atoms with Crippen LogP contribution in [0.15, 0.2) is 91.0 Å². The van der Waals surface area contributed by atoms with Crippen molar-refractivity contribution in [3.63, 3.8) is 0 Å². The zero-order valence-corrected chi connectivity index (χ0v) is 17.3. The first kappa shape index (κ1) is 19.3. The smallest absolute Gasteiger partial charge is 0.126 e. The lowest BCUT2D eigenvalue weighted by Crippen LogP contribution is -2.63. The van der Waals surface area contributed by atoms with Gasteiger partial charge in [-0.25, -0.2) is 4.39 Å². The number of hydrogen-bond donors (Lipinski definition) is 0. The van der Waals surface area contributed by atoms with E-state index in [0.717, 1.165) is 11.6 Å². The van der Waals surface area contributed by atoms with Crippen LogP contribution >= 0.6 is 0 Å². The third-order valence-corrected chi connectivity index (χ3v) is 11.5. The van der Waals surface area contributed by atoms with E-state index in [0.29, 0.717) is 0 Å². The molecule has 0 saturated carbocycles. The first-order valence-electron chi connectivity index (χ1n) is 9.47. The van der Waals surface area contributed by atoms with Crippen molar-refractivity contribution in [1.29, 1.82) is 0 Å². The van der Waals surface area contributed by atoms with Crippen molar-refractivity contribution in [1.82, 2.24) is 0 Å². The van der Waals surface area contributed by atoms with Gasteiger partial charge in [-0.3, -0.25) is 0 Å². The van der Waals surface area contributed by atoms with Crippen LogP contribution in [0.5, 0.6) is 0 Å². The molecule has 0 fully saturated rings. The van der Waals surface area contributed by atoms with E-state index < -0.39 is 8.07 Å². The summed E-state index contributed by atoms with van der Waals surface area (Å²) >= 11 is 0. The molecule has 138 valence electrons. The summed E-state index contributed by atoms with van der Waals surface area (Å²) < 4.78 is 13.2. The van der Waals surface area contributed by atoms with Gasteiger partial charge in [-0.05, 0) is 28.8 Å². The molecule has 0 amide bonds. The van der Waals surface area contributed by atoms with E-state index in [1.807, 2.05) is 12.1 Å². The molecule has 0 aliphatic rings. The van der Waals surface area contributed by atoms with Crippen LogP contribution in [0.2, 0.25) is 11.1 Å². The van der Waals surface area contributed by atoms with Gasteiger partial charge in [0.05, 0.1) is 0 Å². The molecule has 0 nitrogen and oxygen atoms in total. The molecule has 0 atom stereocenters. The largest absolute Gasteiger partial charge is 0.207 e. The Labute approximate surface area is 163 Å². The quantitative estimate of drug-likeness (QED) is 0.488. The van der Waals surface area contributed by atoms with Gasteiger partial charge in [0, 0.05) is 0 Å². The Hall–Kier alpha value is -2.45. The van der Waals surface area contributed by atoms with Crippen molar-refractivity contribution in [2.24, 2.45) is 0 Å². The highest BCUT2D eigenvalue weighted by Gasteiger charge is 2.46. The molecule has 0 aliphatic carbocycles. The van der Waals surface area contributed by atoms with Gasteiger partial charge in [-0.2, -0.15) is 0 Å². The Morgan fingerprint density at radius 2 is 1.22 bits per heavy atom. The van der Waals surface area contributed by atoms with E-state index in [1.165, 1.54) is 22.5 Å². The highest BCUT2D eigenvalue weighted by Crippen LogP contribution is 2.39. The van der Waals surface area contributed by atoms with E-state index in [4.69, 9.17) is 0 Å². The molecule has 3 aromatic carbocycles. The lowest BCUT2D eigenvalue weighted by molar-refractivity contribution is 0.628. The Balaban J connectivity index is 2.07.